The highest BCUT2D eigenvalue weighted by molar-refractivity contribution is 5.17. The van der Waals surface area contributed by atoms with Crippen molar-refractivity contribution < 1.29 is 0 Å². The first kappa shape index (κ1) is 13.3. The smallest absolute Gasteiger partial charge is 0.0538 e. The van der Waals surface area contributed by atoms with Crippen LogP contribution in [0.2, 0.25) is 0 Å². The summed E-state index contributed by atoms with van der Waals surface area (Å²) >= 11 is 0. The quantitative estimate of drug-likeness (QED) is 0.782. The van der Waals surface area contributed by atoms with Gasteiger partial charge in [-0.1, -0.05) is 39.2 Å². The Kier molecular flexibility index (Phi) is 5.00. The van der Waals surface area contributed by atoms with Crippen LogP contribution in [0.5, 0.6) is 0 Å². The van der Waals surface area contributed by atoms with E-state index in [0.717, 1.165) is 24.9 Å². The van der Waals surface area contributed by atoms with Gasteiger partial charge in [0.2, 0.25) is 0 Å². The summed E-state index contributed by atoms with van der Waals surface area (Å²) in [5.41, 5.74) is 1.23. The molecule has 1 N–H and O–H groups in total. The predicted octanol–water partition coefficient (Wildman–Crippen LogP) is 3.29. The van der Waals surface area contributed by atoms with Gasteiger partial charge < -0.3 is 5.32 Å². The van der Waals surface area contributed by atoms with Crippen molar-refractivity contribution in [2.45, 2.75) is 45.6 Å². The number of aromatic nitrogens is 2. The Hall–Kier alpha value is -1.09. The van der Waals surface area contributed by atoms with Gasteiger partial charge in [0.15, 0.2) is 0 Å². The molecule has 1 fully saturated rings. The van der Waals surface area contributed by atoms with Crippen molar-refractivity contribution >= 4 is 6.20 Å². The van der Waals surface area contributed by atoms with Gasteiger partial charge >= 0.3 is 0 Å². The van der Waals surface area contributed by atoms with Gasteiger partial charge in [0.25, 0.3) is 0 Å². The maximum absolute atomic E-state index is 4.17. The zero-order chi connectivity index (χ0) is 12.8. The average molecular weight is 247 g/mol. The highest BCUT2D eigenvalue weighted by Crippen LogP contribution is 2.29. The molecule has 1 aliphatic rings. The van der Waals surface area contributed by atoms with Crippen molar-refractivity contribution in [3.63, 3.8) is 0 Å². The molecule has 0 unspecified atom stereocenters. The molecule has 1 aromatic rings. The largest absolute Gasteiger partial charge is 0.313 e. The summed E-state index contributed by atoms with van der Waals surface area (Å²) in [4.78, 5) is 0. The van der Waals surface area contributed by atoms with Crippen LogP contribution in [0, 0.1) is 11.8 Å². The molecule has 0 saturated heterocycles. The average Bonchev–Trinajstić information content (AvgIpc) is 2.85. The first-order chi connectivity index (χ1) is 8.78. The van der Waals surface area contributed by atoms with Gasteiger partial charge in [0.1, 0.15) is 0 Å². The zero-order valence-electron chi connectivity index (χ0n) is 11.4. The van der Waals surface area contributed by atoms with Crippen LogP contribution < -0.4 is 5.32 Å². The van der Waals surface area contributed by atoms with Gasteiger partial charge in [0.05, 0.1) is 6.20 Å². The second-order valence-corrected chi connectivity index (χ2v) is 5.60. The lowest BCUT2D eigenvalue weighted by atomic mass is 9.81. The topological polar surface area (TPSA) is 29.9 Å². The van der Waals surface area contributed by atoms with Crippen molar-refractivity contribution in [3.8, 4) is 0 Å². The Balaban J connectivity index is 1.59. The van der Waals surface area contributed by atoms with E-state index in [1.165, 1.54) is 37.7 Å². The molecule has 1 heterocycles. The van der Waals surface area contributed by atoms with Crippen molar-refractivity contribution in [1.29, 1.82) is 0 Å². The number of nitrogens with one attached hydrogen (secondary N) is 1. The zero-order valence-corrected chi connectivity index (χ0v) is 11.4. The summed E-state index contributed by atoms with van der Waals surface area (Å²) in [7, 11) is 0. The Morgan fingerprint density at radius 3 is 2.89 bits per heavy atom. The molecule has 1 aliphatic carbocycles. The van der Waals surface area contributed by atoms with Gasteiger partial charge in [0, 0.05) is 24.5 Å². The van der Waals surface area contributed by atoms with Gasteiger partial charge in [-0.2, -0.15) is 5.10 Å². The number of rotatable bonds is 6. The third-order valence-electron chi connectivity index (χ3n) is 4.04. The normalized spacial score (nSPS) is 24.1. The monoisotopic (exact) mass is 247 g/mol. The Bertz CT molecular complexity index is 362. The molecule has 1 saturated carbocycles. The fraction of sp³-hybridized carbons (Fsp3) is 0.667. The van der Waals surface area contributed by atoms with E-state index >= 15 is 0 Å². The fourth-order valence-electron chi connectivity index (χ4n) is 2.73. The molecule has 100 valence electrons. The Labute approximate surface area is 110 Å². The molecule has 3 nitrogen and oxygen atoms in total. The van der Waals surface area contributed by atoms with Crippen LogP contribution in [-0.4, -0.2) is 16.3 Å². The maximum atomic E-state index is 4.17. The van der Waals surface area contributed by atoms with E-state index in [9.17, 15) is 0 Å². The number of hydrogen-bond acceptors (Lipinski definition) is 2. The third kappa shape index (κ3) is 3.98. The minimum atomic E-state index is 0.914. The third-order valence-corrected chi connectivity index (χ3v) is 4.04. The van der Waals surface area contributed by atoms with Gasteiger partial charge in [-0.15, -0.1) is 0 Å². The van der Waals surface area contributed by atoms with Crippen molar-refractivity contribution in [2.75, 3.05) is 6.54 Å². The fourth-order valence-corrected chi connectivity index (χ4v) is 2.73. The summed E-state index contributed by atoms with van der Waals surface area (Å²) in [6.45, 7) is 8.11. The minimum Gasteiger partial charge on any atom is -0.313 e. The van der Waals surface area contributed by atoms with E-state index < -0.39 is 0 Å². The van der Waals surface area contributed by atoms with Gasteiger partial charge in [-0.05, 0) is 24.8 Å². The van der Waals surface area contributed by atoms with E-state index in [1.807, 2.05) is 12.4 Å². The molecule has 0 bridgehead atoms. The van der Waals surface area contributed by atoms with Gasteiger partial charge in [-0.3, -0.25) is 0 Å². The van der Waals surface area contributed by atoms with E-state index in [4.69, 9.17) is 0 Å². The van der Waals surface area contributed by atoms with Crippen molar-refractivity contribution in [2.24, 2.45) is 11.8 Å². The van der Waals surface area contributed by atoms with E-state index in [-0.39, 0.29) is 0 Å². The Morgan fingerprint density at radius 1 is 1.44 bits per heavy atom. The molecule has 0 atom stereocenters. The van der Waals surface area contributed by atoms with Crippen LogP contribution in [0.25, 0.3) is 6.20 Å². The molecule has 0 aromatic carbocycles. The van der Waals surface area contributed by atoms with Crippen LogP contribution in [0.3, 0.4) is 0 Å². The van der Waals surface area contributed by atoms with Crippen LogP contribution >= 0.6 is 0 Å². The number of hydrogen-bond donors (Lipinski definition) is 1. The predicted molar refractivity (Wildman–Crippen MR) is 76.1 cm³/mol. The van der Waals surface area contributed by atoms with E-state index in [1.54, 1.807) is 10.9 Å². The molecular weight excluding hydrogens is 222 g/mol. The summed E-state index contributed by atoms with van der Waals surface area (Å²) in [6.07, 6.45) is 12.7. The molecule has 0 amide bonds. The molecule has 0 aliphatic heterocycles. The molecule has 3 heteroatoms. The van der Waals surface area contributed by atoms with Crippen LogP contribution in [0.15, 0.2) is 19.0 Å². The van der Waals surface area contributed by atoms with Gasteiger partial charge in [-0.25, -0.2) is 4.68 Å². The summed E-state index contributed by atoms with van der Waals surface area (Å²) < 4.78 is 1.75. The second kappa shape index (κ2) is 6.74. The maximum Gasteiger partial charge on any atom is 0.0538 e. The Morgan fingerprint density at radius 2 is 2.22 bits per heavy atom. The molecule has 0 spiro atoms. The number of nitrogens with zero attached hydrogens (tertiary/aromatic N) is 2. The molecule has 0 radical (unpaired) electrons. The first-order valence-electron chi connectivity index (χ1n) is 7.14. The van der Waals surface area contributed by atoms with E-state index in [0.29, 0.717) is 0 Å². The molecule has 18 heavy (non-hydrogen) atoms. The lowest BCUT2D eigenvalue weighted by Gasteiger charge is -2.26. The molecule has 2 rings (SSSR count). The lowest BCUT2D eigenvalue weighted by Crippen LogP contribution is -2.20. The highest BCUT2D eigenvalue weighted by Gasteiger charge is 2.17. The van der Waals surface area contributed by atoms with Crippen molar-refractivity contribution in [1.82, 2.24) is 15.1 Å². The van der Waals surface area contributed by atoms with Crippen molar-refractivity contribution in [3.05, 3.63) is 24.5 Å². The standard InChI is InChI=1S/C15H25N3/c1-3-18-12-15(11-17-18)10-16-9-8-14-6-4-13(2)5-7-14/h3,11-14,16H,1,4-10H2,2H3. The minimum absolute atomic E-state index is 0.914. The summed E-state index contributed by atoms with van der Waals surface area (Å²) in [6, 6.07) is 0. The van der Waals surface area contributed by atoms with E-state index in [2.05, 4.69) is 23.9 Å². The SMILES string of the molecule is C=Cn1cc(CNCCC2CCC(C)CC2)cn1. The molecular formula is C15H25N3. The molecule has 1 aromatic heterocycles. The second-order valence-electron chi connectivity index (χ2n) is 5.60. The van der Waals surface area contributed by atoms with Crippen LogP contribution in [0.4, 0.5) is 0 Å². The van der Waals surface area contributed by atoms with Crippen LogP contribution in [-0.2, 0) is 6.54 Å². The summed E-state index contributed by atoms with van der Waals surface area (Å²) in [5.74, 6) is 1.91. The highest BCUT2D eigenvalue weighted by atomic mass is 15.2. The summed E-state index contributed by atoms with van der Waals surface area (Å²) in [5, 5.41) is 7.68. The lowest BCUT2D eigenvalue weighted by molar-refractivity contribution is 0.275. The first-order valence-corrected chi connectivity index (χ1v) is 7.14. The van der Waals surface area contributed by atoms with Crippen LogP contribution in [0.1, 0.15) is 44.6 Å².